The maximum absolute atomic E-state index is 12.9. The van der Waals surface area contributed by atoms with Crippen molar-refractivity contribution in [1.82, 2.24) is 20.1 Å². The van der Waals surface area contributed by atoms with E-state index in [1.807, 2.05) is 6.20 Å². The molecular weight excluding hydrogens is 384 g/mol. The maximum Gasteiger partial charge on any atom is 0.222 e. The standard InChI is InChI=1S/C26H34N4O/c1-19-6-9-23-22(16-19)8-7-21-5-3-11-28-25(21)26(23)30-14-12-29(13-15-30)24(31)17-20-4-2-10-27-18-20/h3,5-6,9,11,16,20,26-27H,2,4,7-8,10,12-15,17-18H2,1H3. The van der Waals surface area contributed by atoms with E-state index in [1.54, 1.807) is 0 Å². The average Bonchev–Trinajstić information content (AvgIpc) is 2.96. The van der Waals surface area contributed by atoms with E-state index in [9.17, 15) is 4.79 Å². The first kappa shape index (κ1) is 20.7. The van der Waals surface area contributed by atoms with Crippen molar-refractivity contribution in [2.75, 3.05) is 39.3 Å². The quantitative estimate of drug-likeness (QED) is 0.832. The molecule has 5 rings (SSSR count). The van der Waals surface area contributed by atoms with E-state index in [4.69, 9.17) is 4.98 Å². The van der Waals surface area contributed by atoms with Crippen molar-refractivity contribution in [2.24, 2.45) is 5.92 Å². The number of pyridine rings is 1. The molecule has 0 bridgehead atoms. The molecule has 3 aliphatic rings. The number of piperazine rings is 1. The molecule has 3 heterocycles. The Labute approximate surface area is 185 Å². The lowest BCUT2D eigenvalue weighted by atomic mass is 9.94. The minimum absolute atomic E-state index is 0.189. The molecule has 2 saturated heterocycles. The number of piperidine rings is 1. The van der Waals surface area contributed by atoms with Gasteiger partial charge in [0, 0.05) is 38.8 Å². The van der Waals surface area contributed by atoms with Gasteiger partial charge in [0.15, 0.2) is 0 Å². The zero-order valence-electron chi connectivity index (χ0n) is 18.6. The number of aryl methyl sites for hydroxylation is 3. The van der Waals surface area contributed by atoms with Crippen LogP contribution in [0.5, 0.6) is 0 Å². The fraction of sp³-hybridized carbons (Fsp3) is 0.538. The molecule has 164 valence electrons. The number of amides is 1. The summed E-state index contributed by atoms with van der Waals surface area (Å²) in [6.45, 7) is 7.72. The smallest absolute Gasteiger partial charge is 0.222 e. The van der Waals surface area contributed by atoms with Crippen LogP contribution in [0.25, 0.3) is 0 Å². The van der Waals surface area contributed by atoms with Crippen LogP contribution in [0.4, 0.5) is 0 Å². The molecule has 2 unspecified atom stereocenters. The number of hydrogen-bond donors (Lipinski definition) is 1. The van der Waals surface area contributed by atoms with Gasteiger partial charge in [-0.15, -0.1) is 0 Å². The predicted octanol–water partition coefficient (Wildman–Crippen LogP) is 3.11. The zero-order valence-corrected chi connectivity index (χ0v) is 18.6. The summed E-state index contributed by atoms with van der Waals surface area (Å²) in [6.07, 6.45) is 7.12. The summed E-state index contributed by atoms with van der Waals surface area (Å²) in [5, 5.41) is 3.44. The molecule has 1 amide bonds. The summed E-state index contributed by atoms with van der Waals surface area (Å²) in [5.41, 5.74) is 6.74. The van der Waals surface area contributed by atoms with E-state index in [-0.39, 0.29) is 6.04 Å². The number of benzene rings is 1. The minimum atomic E-state index is 0.189. The first-order chi connectivity index (χ1) is 15.2. The third-order valence-electron chi connectivity index (χ3n) is 7.34. The molecule has 5 heteroatoms. The van der Waals surface area contributed by atoms with E-state index < -0.39 is 0 Å². The summed E-state index contributed by atoms with van der Waals surface area (Å²) in [6, 6.07) is 11.4. The van der Waals surface area contributed by atoms with Gasteiger partial charge in [-0.05, 0) is 74.4 Å². The Morgan fingerprint density at radius 2 is 1.97 bits per heavy atom. The molecule has 1 N–H and O–H groups in total. The Bertz CT molecular complexity index is 929. The second-order valence-corrected chi connectivity index (χ2v) is 9.49. The van der Waals surface area contributed by atoms with Crippen LogP contribution in [-0.4, -0.2) is 60.0 Å². The normalized spacial score (nSPS) is 24.2. The van der Waals surface area contributed by atoms with Crippen LogP contribution in [-0.2, 0) is 17.6 Å². The first-order valence-corrected chi connectivity index (χ1v) is 11.9. The molecule has 0 saturated carbocycles. The molecule has 2 atom stereocenters. The predicted molar refractivity (Wildman–Crippen MR) is 123 cm³/mol. The summed E-state index contributed by atoms with van der Waals surface area (Å²) >= 11 is 0. The van der Waals surface area contributed by atoms with Crippen LogP contribution < -0.4 is 5.32 Å². The highest BCUT2D eigenvalue weighted by Gasteiger charge is 2.33. The molecule has 2 fully saturated rings. The van der Waals surface area contributed by atoms with Gasteiger partial charge in [0.05, 0.1) is 11.7 Å². The number of carbonyl (C=O) groups excluding carboxylic acids is 1. The SMILES string of the molecule is Cc1ccc2c(c1)CCc1cccnc1C2N1CCN(C(=O)CC2CCCNC2)CC1. The van der Waals surface area contributed by atoms with Crippen LogP contribution in [0.1, 0.15) is 53.3 Å². The lowest BCUT2D eigenvalue weighted by molar-refractivity contribution is -0.134. The van der Waals surface area contributed by atoms with Crippen molar-refractivity contribution in [2.45, 2.75) is 45.1 Å². The molecule has 2 aliphatic heterocycles. The van der Waals surface area contributed by atoms with E-state index in [0.29, 0.717) is 18.2 Å². The van der Waals surface area contributed by atoms with Gasteiger partial charge in [0.25, 0.3) is 0 Å². The van der Waals surface area contributed by atoms with Crippen molar-refractivity contribution >= 4 is 5.91 Å². The molecule has 1 aromatic heterocycles. The topological polar surface area (TPSA) is 48.5 Å². The van der Waals surface area contributed by atoms with Gasteiger partial charge in [-0.25, -0.2) is 0 Å². The molecule has 1 aromatic carbocycles. The number of carbonyl (C=O) groups is 1. The Morgan fingerprint density at radius 1 is 1.13 bits per heavy atom. The zero-order chi connectivity index (χ0) is 21.2. The van der Waals surface area contributed by atoms with Crippen LogP contribution >= 0.6 is 0 Å². The number of fused-ring (bicyclic) bond motifs is 2. The third kappa shape index (κ3) is 4.39. The highest BCUT2D eigenvalue weighted by Crippen LogP contribution is 2.36. The van der Waals surface area contributed by atoms with Gasteiger partial charge < -0.3 is 10.2 Å². The van der Waals surface area contributed by atoms with Crippen LogP contribution in [0, 0.1) is 12.8 Å². The van der Waals surface area contributed by atoms with E-state index in [2.05, 4.69) is 52.4 Å². The van der Waals surface area contributed by atoms with Crippen molar-refractivity contribution in [3.63, 3.8) is 0 Å². The van der Waals surface area contributed by atoms with Gasteiger partial charge in [-0.1, -0.05) is 29.8 Å². The van der Waals surface area contributed by atoms with Gasteiger partial charge in [-0.2, -0.15) is 0 Å². The number of rotatable bonds is 3. The summed E-state index contributed by atoms with van der Waals surface area (Å²) in [4.78, 5) is 22.4. The Morgan fingerprint density at radius 3 is 2.77 bits per heavy atom. The summed E-state index contributed by atoms with van der Waals surface area (Å²) in [5.74, 6) is 0.844. The number of nitrogens with one attached hydrogen (secondary N) is 1. The average molecular weight is 419 g/mol. The van der Waals surface area contributed by atoms with Crippen molar-refractivity contribution < 1.29 is 4.79 Å². The maximum atomic E-state index is 12.9. The van der Waals surface area contributed by atoms with Crippen molar-refractivity contribution in [3.05, 3.63) is 64.5 Å². The fourth-order valence-corrected chi connectivity index (χ4v) is 5.62. The molecule has 31 heavy (non-hydrogen) atoms. The first-order valence-electron chi connectivity index (χ1n) is 11.9. The number of aromatic nitrogens is 1. The number of nitrogens with zero attached hydrogens (tertiary/aromatic N) is 3. The highest BCUT2D eigenvalue weighted by atomic mass is 16.2. The molecule has 5 nitrogen and oxygen atoms in total. The van der Waals surface area contributed by atoms with Crippen LogP contribution in [0.15, 0.2) is 36.5 Å². The van der Waals surface area contributed by atoms with Gasteiger partial charge in [-0.3, -0.25) is 14.7 Å². The van der Waals surface area contributed by atoms with E-state index >= 15 is 0 Å². The fourth-order valence-electron chi connectivity index (χ4n) is 5.62. The Balaban J connectivity index is 1.33. The van der Waals surface area contributed by atoms with E-state index in [1.165, 1.54) is 40.8 Å². The van der Waals surface area contributed by atoms with Crippen molar-refractivity contribution in [3.8, 4) is 0 Å². The molecule has 0 spiro atoms. The molecule has 1 aliphatic carbocycles. The Kier molecular flexibility index (Phi) is 6.06. The highest BCUT2D eigenvalue weighted by molar-refractivity contribution is 5.76. The van der Waals surface area contributed by atoms with Crippen LogP contribution in [0.2, 0.25) is 0 Å². The second-order valence-electron chi connectivity index (χ2n) is 9.49. The van der Waals surface area contributed by atoms with E-state index in [0.717, 1.165) is 52.1 Å². The summed E-state index contributed by atoms with van der Waals surface area (Å²) < 4.78 is 0. The largest absolute Gasteiger partial charge is 0.340 e. The van der Waals surface area contributed by atoms with Crippen LogP contribution in [0.3, 0.4) is 0 Å². The summed E-state index contributed by atoms with van der Waals surface area (Å²) in [7, 11) is 0. The monoisotopic (exact) mass is 418 g/mol. The van der Waals surface area contributed by atoms with Crippen molar-refractivity contribution in [1.29, 1.82) is 0 Å². The second kappa shape index (κ2) is 9.09. The molecule has 0 radical (unpaired) electrons. The number of hydrogen-bond acceptors (Lipinski definition) is 4. The lowest BCUT2D eigenvalue weighted by Gasteiger charge is -2.40. The lowest BCUT2D eigenvalue weighted by Crippen LogP contribution is -2.50. The Hall–Kier alpha value is -2.24. The third-order valence-corrected chi connectivity index (χ3v) is 7.34. The van der Waals surface area contributed by atoms with Gasteiger partial charge in [0.1, 0.15) is 0 Å². The van der Waals surface area contributed by atoms with Gasteiger partial charge in [0.2, 0.25) is 5.91 Å². The minimum Gasteiger partial charge on any atom is -0.340 e. The molecule has 2 aromatic rings. The molecular formula is C26H34N4O. The van der Waals surface area contributed by atoms with Gasteiger partial charge >= 0.3 is 0 Å².